The van der Waals surface area contributed by atoms with Gasteiger partial charge in [0.1, 0.15) is 11.6 Å². The van der Waals surface area contributed by atoms with E-state index in [-0.39, 0.29) is 6.04 Å². The van der Waals surface area contributed by atoms with Crippen LogP contribution in [0.5, 0.6) is 0 Å². The second kappa shape index (κ2) is 5.25. The summed E-state index contributed by atoms with van der Waals surface area (Å²) in [6.07, 6.45) is 5.15. The van der Waals surface area contributed by atoms with Crippen LogP contribution >= 0.6 is 0 Å². The monoisotopic (exact) mass is 229 g/mol. The maximum absolute atomic E-state index is 4.34. The molecule has 2 rings (SSSR count). The highest BCUT2D eigenvalue weighted by atomic mass is 15.1. The minimum absolute atomic E-state index is 0.0950. The van der Waals surface area contributed by atoms with Gasteiger partial charge in [-0.25, -0.2) is 4.98 Å². The minimum atomic E-state index is 0.0950. The molecule has 0 saturated carbocycles. The van der Waals surface area contributed by atoms with Gasteiger partial charge in [-0.05, 0) is 19.1 Å². The van der Waals surface area contributed by atoms with Crippen LogP contribution in [-0.4, -0.2) is 22.0 Å². The van der Waals surface area contributed by atoms with Gasteiger partial charge < -0.3 is 10.6 Å². The van der Waals surface area contributed by atoms with E-state index in [0.29, 0.717) is 0 Å². The standard InChI is InChI=1S/C12H15N5/c1-9(10-5-3-4-6-15-10)16-12-8-14-7-11(13-2)17-12/h3-9H,1-2H3,(H2,13,16,17). The average molecular weight is 229 g/mol. The fourth-order valence-corrected chi connectivity index (χ4v) is 1.48. The lowest BCUT2D eigenvalue weighted by atomic mass is 10.2. The fraction of sp³-hybridized carbons (Fsp3) is 0.250. The van der Waals surface area contributed by atoms with Gasteiger partial charge in [-0.15, -0.1) is 0 Å². The highest BCUT2D eigenvalue weighted by molar-refractivity contribution is 5.42. The van der Waals surface area contributed by atoms with Crippen LogP contribution in [-0.2, 0) is 0 Å². The first kappa shape index (κ1) is 11.3. The van der Waals surface area contributed by atoms with Gasteiger partial charge in [-0.2, -0.15) is 0 Å². The summed E-state index contributed by atoms with van der Waals surface area (Å²) in [6, 6.07) is 5.94. The molecule has 17 heavy (non-hydrogen) atoms. The molecule has 0 fully saturated rings. The molecule has 0 aliphatic heterocycles. The highest BCUT2D eigenvalue weighted by Gasteiger charge is 2.07. The first-order chi connectivity index (χ1) is 8.29. The lowest BCUT2D eigenvalue weighted by Crippen LogP contribution is -2.10. The number of anilines is 2. The van der Waals surface area contributed by atoms with Crippen LogP contribution < -0.4 is 10.6 Å². The average Bonchev–Trinajstić information content (AvgIpc) is 2.40. The van der Waals surface area contributed by atoms with Gasteiger partial charge in [-0.3, -0.25) is 9.97 Å². The van der Waals surface area contributed by atoms with E-state index < -0.39 is 0 Å². The Morgan fingerprint density at radius 2 is 2.00 bits per heavy atom. The lowest BCUT2D eigenvalue weighted by Gasteiger charge is -2.13. The third-order valence-electron chi connectivity index (χ3n) is 2.39. The summed E-state index contributed by atoms with van der Waals surface area (Å²) >= 11 is 0. The first-order valence-electron chi connectivity index (χ1n) is 5.47. The van der Waals surface area contributed by atoms with Gasteiger partial charge in [0.2, 0.25) is 0 Å². The number of rotatable bonds is 4. The normalized spacial score (nSPS) is 11.9. The van der Waals surface area contributed by atoms with Gasteiger partial charge in [-0.1, -0.05) is 6.07 Å². The topological polar surface area (TPSA) is 62.7 Å². The van der Waals surface area contributed by atoms with Crippen molar-refractivity contribution in [1.29, 1.82) is 0 Å². The van der Waals surface area contributed by atoms with E-state index in [1.54, 1.807) is 18.6 Å². The summed E-state index contributed by atoms with van der Waals surface area (Å²) in [6.45, 7) is 2.04. The van der Waals surface area contributed by atoms with Crippen molar-refractivity contribution in [2.75, 3.05) is 17.7 Å². The summed E-state index contributed by atoms with van der Waals surface area (Å²) < 4.78 is 0. The maximum Gasteiger partial charge on any atom is 0.147 e. The van der Waals surface area contributed by atoms with Crippen molar-refractivity contribution in [2.24, 2.45) is 0 Å². The molecule has 5 nitrogen and oxygen atoms in total. The van der Waals surface area contributed by atoms with Crippen LogP contribution in [0, 0.1) is 0 Å². The minimum Gasteiger partial charge on any atom is -0.372 e. The molecule has 5 heteroatoms. The SMILES string of the molecule is CNc1cncc(NC(C)c2ccccn2)n1. The molecule has 2 aromatic heterocycles. The summed E-state index contributed by atoms with van der Waals surface area (Å²) in [5.41, 5.74) is 0.976. The van der Waals surface area contributed by atoms with Gasteiger partial charge >= 0.3 is 0 Å². The largest absolute Gasteiger partial charge is 0.372 e. The Morgan fingerprint density at radius 3 is 2.71 bits per heavy atom. The molecule has 2 N–H and O–H groups in total. The van der Waals surface area contributed by atoms with Gasteiger partial charge in [0, 0.05) is 13.2 Å². The molecule has 88 valence electrons. The van der Waals surface area contributed by atoms with Crippen molar-refractivity contribution >= 4 is 11.6 Å². The Labute approximate surface area is 100 Å². The van der Waals surface area contributed by atoms with Crippen LogP contribution in [0.1, 0.15) is 18.7 Å². The molecular formula is C12H15N5. The fourth-order valence-electron chi connectivity index (χ4n) is 1.48. The van der Waals surface area contributed by atoms with Crippen LogP contribution in [0.15, 0.2) is 36.8 Å². The quantitative estimate of drug-likeness (QED) is 0.840. The molecule has 0 saturated heterocycles. The molecule has 0 radical (unpaired) electrons. The molecule has 2 heterocycles. The number of pyridine rings is 1. The summed E-state index contributed by atoms with van der Waals surface area (Å²) in [5.74, 6) is 1.47. The Morgan fingerprint density at radius 1 is 1.18 bits per heavy atom. The molecule has 0 aromatic carbocycles. The molecule has 0 spiro atoms. The molecule has 0 aliphatic rings. The summed E-state index contributed by atoms with van der Waals surface area (Å²) in [5, 5.41) is 6.21. The predicted molar refractivity (Wildman–Crippen MR) is 67.9 cm³/mol. The molecular weight excluding hydrogens is 214 g/mol. The maximum atomic E-state index is 4.34. The second-order valence-electron chi connectivity index (χ2n) is 3.66. The van der Waals surface area contributed by atoms with Gasteiger partial charge in [0.15, 0.2) is 0 Å². The second-order valence-corrected chi connectivity index (χ2v) is 3.66. The van der Waals surface area contributed by atoms with E-state index in [9.17, 15) is 0 Å². The van der Waals surface area contributed by atoms with E-state index in [1.807, 2.05) is 32.2 Å². The first-order valence-corrected chi connectivity index (χ1v) is 5.47. The molecule has 0 aliphatic carbocycles. The zero-order valence-corrected chi connectivity index (χ0v) is 9.88. The van der Waals surface area contributed by atoms with Gasteiger partial charge in [0.25, 0.3) is 0 Å². The van der Waals surface area contributed by atoms with Crippen molar-refractivity contribution in [2.45, 2.75) is 13.0 Å². The lowest BCUT2D eigenvalue weighted by molar-refractivity contribution is 0.830. The molecule has 0 bridgehead atoms. The number of nitrogens with one attached hydrogen (secondary N) is 2. The number of hydrogen-bond donors (Lipinski definition) is 2. The van der Waals surface area contributed by atoms with Crippen molar-refractivity contribution in [1.82, 2.24) is 15.0 Å². The Bertz CT molecular complexity index is 471. The van der Waals surface area contributed by atoms with E-state index in [4.69, 9.17) is 0 Å². The molecule has 0 amide bonds. The van der Waals surface area contributed by atoms with Crippen molar-refractivity contribution in [3.63, 3.8) is 0 Å². The highest BCUT2D eigenvalue weighted by Crippen LogP contribution is 2.15. The smallest absolute Gasteiger partial charge is 0.147 e. The van der Waals surface area contributed by atoms with Crippen molar-refractivity contribution < 1.29 is 0 Å². The van der Waals surface area contributed by atoms with Crippen molar-refractivity contribution in [3.05, 3.63) is 42.5 Å². The number of nitrogens with zero attached hydrogens (tertiary/aromatic N) is 3. The van der Waals surface area contributed by atoms with E-state index >= 15 is 0 Å². The van der Waals surface area contributed by atoms with Crippen LogP contribution in [0.4, 0.5) is 11.6 Å². The zero-order valence-electron chi connectivity index (χ0n) is 9.88. The Kier molecular flexibility index (Phi) is 3.49. The Balaban J connectivity index is 2.10. The zero-order chi connectivity index (χ0) is 12.1. The third kappa shape index (κ3) is 2.90. The summed E-state index contributed by atoms with van der Waals surface area (Å²) in [4.78, 5) is 12.7. The summed E-state index contributed by atoms with van der Waals surface area (Å²) in [7, 11) is 1.82. The van der Waals surface area contributed by atoms with Crippen molar-refractivity contribution in [3.8, 4) is 0 Å². The number of hydrogen-bond acceptors (Lipinski definition) is 5. The van der Waals surface area contributed by atoms with E-state index in [1.165, 1.54) is 0 Å². The van der Waals surface area contributed by atoms with Crippen LogP contribution in [0.2, 0.25) is 0 Å². The van der Waals surface area contributed by atoms with Gasteiger partial charge in [0.05, 0.1) is 24.1 Å². The Hall–Kier alpha value is -2.17. The predicted octanol–water partition coefficient (Wildman–Crippen LogP) is 2.09. The van der Waals surface area contributed by atoms with E-state index in [0.717, 1.165) is 17.3 Å². The molecule has 2 aromatic rings. The molecule has 1 unspecified atom stereocenters. The van der Waals surface area contributed by atoms with Crippen LogP contribution in [0.3, 0.4) is 0 Å². The van der Waals surface area contributed by atoms with Crippen LogP contribution in [0.25, 0.3) is 0 Å². The molecule has 1 atom stereocenters. The van der Waals surface area contributed by atoms with E-state index in [2.05, 4.69) is 25.6 Å². The number of aromatic nitrogens is 3. The third-order valence-corrected chi connectivity index (χ3v) is 2.39.